The van der Waals surface area contributed by atoms with Crippen molar-refractivity contribution in [3.8, 4) is 0 Å². The van der Waals surface area contributed by atoms with Crippen LogP contribution in [0.3, 0.4) is 0 Å². The summed E-state index contributed by atoms with van der Waals surface area (Å²) < 4.78 is 5.74. The average Bonchev–Trinajstić information content (AvgIpc) is 3.30. The fraction of sp³-hybridized carbons (Fsp3) is 0.261. The van der Waals surface area contributed by atoms with Crippen molar-refractivity contribution in [1.29, 1.82) is 0 Å². The molecule has 164 valence electrons. The van der Waals surface area contributed by atoms with Gasteiger partial charge in [-0.15, -0.1) is 0 Å². The Hall–Kier alpha value is -3.59. The SMILES string of the molecule is CCOC(=O)c1ccc2nc(NC(=O)c3ccc4c(c3)C(=O)N(C(C)CC)C4=O)sc2c1. The summed E-state index contributed by atoms with van der Waals surface area (Å²) >= 11 is 1.22. The Bertz CT molecular complexity index is 1270. The minimum absolute atomic E-state index is 0.220. The lowest BCUT2D eigenvalue weighted by atomic mass is 10.1. The molecule has 9 heteroatoms. The van der Waals surface area contributed by atoms with Crippen molar-refractivity contribution < 1.29 is 23.9 Å². The second kappa shape index (κ2) is 8.51. The van der Waals surface area contributed by atoms with Crippen LogP contribution < -0.4 is 5.32 Å². The number of carbonyl (C=O) groups excluding carboxylic acids is 4. The Labute approximate surface area is 188 Å². The third kappa shape index (κ3) is 3.75. The minimum Gasteiger partial charge on any atom is -0.462 e. The molecule has 4 rings (SSSR count). The predicted octanol–water partition coefficient (Wildman–Crippen LogP) is 4.12. The molecule has 0 bridgehead atoms. The number of ether oxygens (including phenoxy) is 1. The smallest absolute Gasteiger partial charge is 0.338 e. The Kier molecular flexibility index (Phi) is 5.75. The molecule has 0 radical (unpaired) electrons. The van der Waals surface area contributed by atoms with Gasteiger partial charge < -0.3 is 4.74 Å². The number of hydrogen-bond donors (Lipinski definition) is 1. The van der Waals surface area contributed by atoms with Crippen molar-refractivity contribution >= 4 is 50.4 Å². The van der Waals surface area contributed by atoms with E-state index in [1.54, 1.807) is 25.1 Å². The topological polar surface area (TPSA) is 106 Å². The normalized spacial score (nSPS) is 13.9. The monoisotopic (exact) mass is 451 g/mol. The highest BCUT2D eigenvalue weighted by Crippen LogP contribution is 2.29. The van der Waals surface area contributed by atoms with Gasteiger partial charge in [0, 0.05) is 11.6 Å². The van der Waals surface area contributed by atoms with E-state index in [9.17, 15) is 19.2 Å². The van der Waals surface area contributed by atoms with Gasteiger partial charge in [-0.25, -0.2) is 9.78 Å². The molecule has 0 saturated carbocycles. The third-order valence-electron chi connectivity index (χ3n) is 5.33. The van der Waals surface area contributed by atoms with Gasteiger partial charge in [0.15, 0.2) is 5.13 Å². The van der Waals surface area contributed by atoms with E-state index in [0.717, 1.165) is 4.70 Å². The zero-order chi connectivity index (χ0) is 23.0. The molecular formula is C23H21N3O5S. The van der Waals surface area contributed by atoms with Gasteiger partial charge in [0.2, 0.25) is 0 Å². The summed E-state index contributed by atoms with van der Waals surface area (Å²) in [6.45, 7) is 5.74. The minimum atomic E-state index is -0.445. The molecule has 3 amide bonds. The summed E-state index contributed by atoms with van der Waals surface area (Å²) in [6.07, 6.45) is 0.647. The molecule has 0 aliphatic carbocycles. The van der Waals surface area contributed by atoms with Crippen molar-refractivity contribution in [2.75, 3.05) is 11.9 Å². The Morgan fingerprint density at radius 1 is 1.06 bits per heavy atom. The number of aromatic nitrogens is 1. The number of thiazole rings is 1. The lowest BCUT2D eigenvalue weighted by molar-refractivity contribution is 0.0524. The van der Waals surface area contributed by atoms with Gasteiger partial charge in [0.25, 0.3) is 17.7 Å². The maximum atomic E-state index is 12.8. The maximum absolute atomic E-state index is 12.8. The van der Waals surface area contributed by atoms with E-state index < -0.39 is 11.9 Å². The van der Waals surface area contributed by atoms with Crippen molar-refractivity contribution in [2.45, 2.75) is 33.2 Å². The Morgan fingerprint density at radius 2 is 1.78 bits per heavy atom. The van der Waals surface area contributed by atoms with Crippen LogP contribution in [-0.4, -0.2) is 46.2 Å². The summed E-state index contributed by atoms with van der Waals surface area (Å²) in [5, 5.41) is 3.08. The molecule has 1 unspecified atom stereocenters. The second-order valence-corrected chi connectivity index (χ2v) is 8.40. The van der Waals surface area contributed by atoms with E-state index >= 15 is 0 Å². The first kappa shape index (κ1) is 21.6. The fourth-order valence-corrected chi connectivity index (χ4v) is 4.37. The lowest BCUT2D eigenvalue weighted by Crippen LogP contribution is -2.37. The van der Waals surface area contributed by atoms with Gasteiger partial charge >= 0.3 is 5.97 Å². The number of nitrogens with one attached hydrogen (secondary N) is 1. The number of rotatable bonds is 6. The predicted molar refractivity (Wildman–Crippen MR) is 120 cm³/mol. The molecule has 8 nitrogen and oxygen atoms in total. The van der Waals surface area contributed by atoms with E-state index in [2.05, 4.69) is 10.3 Å². The molecule has 1 aliphatic heterocycles. The number of fused-ring (bicyclic) bond motifs is 2. The van der Waals surface area contributed by atoms with E-state index in [-0.39, 0.29) is 35.6 Å². The first-order chi connectivity index (χ1) is 15.3. The number of benzene rings is 2. The van der Waals surface area contributed by atoms with Crippen molar-refractivity contribution in [3.05, 3.63) is 58.7 Å². The molecule has 2 heterocycles. The van der Waals surface area contributed by atoms with E-state index in [4.69, 9.17) is 4.74 Å². The number of esters is 1. The number of amides is 3. The van der Waals surface area contributed by atoms with Crippen LogP contribution in [-0.2, 0) is 4.74 Å². The molecule has 3 aromatic rings. The quantitative estimate of drug-likeness (QED) is 0.446. The van der Waals surface area contributed by atoms with Gasteiger partial charge in [0.1, 0.15) is 0 Å². The van der Waals surface area contributed by atoms with Crippen molar-refractivity contribution in [3.63, 3.8) is 0 Å². The Morgan fingerprint density at radius 3 is 2.50 bits per heavy atom. The van der Waals surface area contributed by atoms with Crippen LogP contribution in [0.25, 0.3) is 10.2 Å². The van der Waals surface area contributed by atoms with Crippen molar-refractivity contribution in [2.24, 2.45) is 0 Å². The zero-order valence-corrected chi connectivity index (χ0v) is 18.6. The number of hydrogen-bond acceptors (Lipinski definition) is 7. The van der Waals surface area contributed by atoms with Gasteiger partial charge in [0.05, 0.1) is 33.5 Å². The summed E-state index contributed by atoms with van der Waals surface area (Å²) in [7, 11) is 0. The lowest BCUT2D eigenvalue weighted by Gasteiger charge is -2.20. The molecule has 1 N–H and O–H groups in total. The summed E-state index contributed by atoms with van der Waals surface area (Å²) in [5.74, 6) is -1.59. The molecule has 1 aliphatic rings. The highest BCUT2D eigenvalue weighted by Gasteiger charge is 2.38. The number of imide groups is 1. The molecule has 1 aromatic heterocycles. The van der Waals surface area contributed by atoms with E-state index in [0.29, 0.717) is 28.2 Å². The van der Waals surface area contributed by atoms with Crippen LogP contribution in [0.4, 0.5) is 5.13 Å². The molecule has 1 atom stereocenters. The average molecular weight is 452 g/mol. The summed E-state index contributed by atoms with van der Waals surface area (Å²) in [6, 6.07) is 9.24. The van der Waals surface area contributed by atoms with Crippen LogP contribution in [0.1, 0.15) is 68.6 Å². The zero-order valence-electron chi connectivity index (χ0n) is 17.8. The van der Waals surface area contributed by atoms with Gasteiger partial charge in [-0.05, 0) is 56.7 Å². The molecule has 32 heavy (non-hydrogen) atoms. The molecule has 0 saturated heterocycles. The summed E-state index contributed by atoms with van der Waals surface area (Å²) in [5.41, 5.74) is 1.83. The standard InChI is InChI=1S/C23H21N3O5S/c1-4-12(3)26-20(28)15-8-6-13(10-16(15)21(26)29)19(27)25-23-24-17-9-7-14(11-18(17)32-23)22(30)31-5-2/h6-12H,4-5H2,1-3H3,(H,24,25,27). The molecule has 0 spiro atoms. The fourth-order valence-electron chi connectivity index (χ4n) is 3.47. The van der Waals surface area contributed by atoms with Crippen LogP contribution in [0, 0.1) is 0 Å². The molecular weight excluding hydrogens is 430 g/mol. The van der Waals surface area contributed by atoms with Crippen LogP contribution in [0.5, 0.6) is 0 Å². The maximum Gasteiger partial charge on any atom is 0.338 e. The summed E-state index contributed by atoms with van der Waals surface area (Å²) in [4.78, 5) is 55.6. The van der Waals surface area contributed by atoms with Gasteiger partial charge in [-0.1, -0.05) is 18.3 Å². The third-order valence-corrected chi connectivity index (χ3v) is 6.27. The Balaban J connectivity index is 1.56. The molecule has 0 fully saturated rings. The highest BCUT2D eigenvalue weighted by atomic mass is 32.1. The number of anilines is 1. The first-order valence-corrected chi connectivity index (χ1v) is 11.1. The first-order valence-electron chi connectivity index (χ1n) is 10.2. The molecule has 2 aromatic carbocycles. The van der Waals surface area contributed by atoms with Crippen LogP contribution in [0.15, 0.2) is 36.4 Å². The van der Waals surface area contributed by atoms with Gasteiger partial charge in [-0.3, -0.25) is 24.6 Å². The van der Waals surface area contributed by atoms with E-state index in [1.165, 1.54) is 34.4 Å². The number of carbonyl (C=O) groups is 4. The number of nitrogens with zero attached hydrogens (tertiary/aromatic N) is 2. The largest absolute Gasteiger partial charge is 0.462 e. The highest BCUT2D eigenvalue weighted by molar-refractivity contribution is 7.22. The van der Waals surface area contributed by atoms with Crippen molar-refractivity contribution in [1.82, 2.24) is 9.88 Å². The van der Waals surface area contributed by atoms with Gasteiger partial charge in [-0.2, -0.15) is 0 Å². The van der Waals surface area contributed by atoms with Crippen LogP contribution in [0.2, 0.25) is 0 Å². The second-order valence-electron chi connectivity index (χ2n) is 7.37. The van der Waals surface area contributed by atoms with E-state index in [1.807, 2.05) is 13.8 Å². The van der Waals surface area contributed by atoms with Crippen LogP contribution >= 0.6 is 11.3 Å².